The molecule has 2 heterocycles. The Morgan fingerprint density at radius 3 is 3.14 bits per heavy atom. The molecule has 0 atom stereocenters. The van der Waals surface area contributed by atoms with Crippen LogP contribution < -0.4 is 5.32 Å². The van der Waals surface area contributed by atoms with Crippen LogP contribution in [0.2, 0.25) is 0 Å². The van der Waals surface area contributed by atoms with Crippen molar-refractivity contribution in [3.63, 3.8) is 0 Å². The molecule has 14 heavy (non-hydrogen) atoms. The first-order chi connectivity index (χ1) is 6.86. The van der Waals surface area contributed by atoms with E-state index in [0.29, 0.717) is 12.2 Å². The Balaban J connectivity index is 1.90. The zero-order valence-corrected chi connectivity index (χ0v) is 7.65. The zero-order valence-electron chi connectivity index (χ0n) is 6.84. The number of carbonyl (C=O) groups is 1. The topological polar surface area (TPSA) is 109 Å². The minimum absolute atomic E-state index is 0.00758. The lowest BCUT2D eigenvalue weighted by molar-refractivity contribution is 0.0940. The van der Waals surface area contributed by atoms with Crippen LogP contribution in [0.5, 0.6) is 0 Å². The number of carbonyl (C=O) groups excluding carboxylic acids is 1. The summed E-state index contributed by atoms with van der Waals surface area (Å²) in [6.45, 7) is 0.309. The second-order valence-corrected chi connectivity index (χ2v) is 2.92. The van der Waals surface area contributed by atoms with Gasteiger partial charge in [0.05, 0.1) is 12.2 Å². The molecular formula is C5H5N7OS. The number of H-pyrrole nitrogens is 1. The number of hydrogen-bond donors (Lipinski definition) is 2. The van der Waals surface area contributed by atoms with Gasteiger partial charge in [-0.3, -0.25) is 4.79 Å². The number of nitrogens with zero attached hydrogens (tertiary/aromatic N) is 5. The van der Waals surface area contributed by atoms with E-state index in [4.69, 9.17) is 0 Å². The smallest absolute Gasteiger partial charge is 0.293 e. The lowest BCUT2D eigenvalue weighted by atomic mass is 10.4. The molecule has 0 saturated carbocycles. The number of rotatable bonds is 3. The molecular weight excluding hydrogens is 206 g/mol. The average Bonchev–Trinajstić information content (AvgIpc) is 2.87. The predicted molar refractivity (Wildman–Crippen MR) is 45.3 cm³/mol. The second kappa shape index (κ2) is 3.87. The minimum Gasteiger partial charge on any atom is -0.343 e. The van der Waals surface area contributed by atoms with Gasteiger partial charge in [-0.1, -0.05) is 4.49 Å². The fourth-order valence-corrected chi connectivity index (χ4v) is 1.22. The van der Waals surface area contributed by atoms with Crippen LogP contribution in [0.3, 0.4) is 0 Å². The fraction of sp³-hybridized carbons (Fsp3) is 0.200. The summed E-state index contributed by atoms with van der Waals surface area (Å²) in [5, 5.41) is 20.6. The van der Waals surface area contributed by atoms with Gasteiger partial charge in [0.2, 0.25) is 0 Å². The van der Waals surface area contributed by atoms with E-state index in [2.05, 4.69) is 35.5 Å². The molecule has 9 heteroatoms. The van der Waals surface area contributed by atoms with Crippen LogP contribution in [0, 0.1) is 0 Å². The van der Waals surface area contributed by atoms with Crippen molar-refractivity contribution in [2.75, 3.05) is 0 Å². The molecule has 0 aliphatic heterocycles. The van der Waals surface area contributed by atoms with Crippen molar-refractivity contribution in [3.05, 3.63) is 16.9 Å². The molecule has 72 valence electrons. The van der Waals surface area contributed by atoms with Gasteiger partial charge in [0, 0.05) is 5.38 Å². The van der Waals surface area contributed by atoms with Crippen LogP contribution in [-0.4, -0.2) is 36.1 Å². The van der Waals surface area contributed by atoms with Crippen LogP contribution in [-0.2, 0) is 6.54 Å². The Kier molecular flexibility index (Phi) is 2.40. The Bertz CT molecular complexity index is 396. The number of nitrogens with one attached hydrogen (secondary N) is 2. The summed E-state index contributed by atoms with van der Waals surface area (Å²) < 4.78 is 3.65. The van der Waals surface area contributed by atoms with Gasteiger partial charge in [0.25, 0.3) is 11.7 Å². The largest absolute Gasteiger partial charge is 0.343 e. The molecule has 0 aliphatic carbocycles. The molecule has 0 aliphatic rings. The molecule has 2 aromatic rings. The van der Waals surface area contributed by atoms with E-state index in [1.807, 2.05) is 0 Å². The Morgan fingerprint density at radius 2 is 2.50 bits per heavy atom. The summed E-state index contributed by atoms with van der Waals surface area (Å²) in [6, 6.07) is 0. The molecule has 2 N–H and O–H groups in total. The van der Waals surface area contributed by atoms with Gasteiger partial charge < -0.3 is 5.32 Å². The van der Waals surface area contributed by atoms with Gasteiger partial charge in [-0.2, -0.15) is 5.21 Å². The van der Waals surface area contributed by atoms with Crippen molar-refractivity contribution in [2.24, 2.45) is 0 Å². The van der Waals surface area contributed by atoms with Gasteiger partial charge in [0.15, 0.2) is 0 Å². The van der Waals surface area contributed by atoms with E-state index in [1.54, 1.807) is 5.38 Å². The van der Waals surface area contributed by atoms with E-state index in [-0.39, 0.29) is 5.82 Å². The highest BCUT2D eigenvalue weighted by Crippen LogP contribution is 1.96. The van der Waals surface area contributed by atoms with E-state index in [9.17, 15) is 4.79 Å². The SMILES string of the molecule is O=C(NCc1csnn1)c1nn[nH]n1. The number of hydrogen-bond acceptors (Lipinski definition) is 7. The number of aromatic nitrogens is 6. The molecule has 2 rings (SSSR count). The summed E-state index contributed by atoms with van der Waals surface area (Å²) in [7, 11) is 0. The van der Waals surface area contributed by atoms with E-state index in [0.717, 1.165) is 0 Å². The van der Waals surface area contributed by atoms with Gasteiger partial charge in [-0.05, 0) is 16.7 Å². The van der Waals surface area contributed by atoms with Gasteiger partial charge in [-0.15, -0.1) is 15.3 Å². The third-order valence-corrected chi connectivity index (χ3v) is 1.94. The number of aromatic amines is 1. The maximum Gasteiger partial charge on any atom is 0.293 e. The van der Waals surface area contributed by atoms with Crippen LogP contribution in [0.15, 0.2) is 5.38 Å². The second-order valence-electron chi connectivity index (χ2n) is 2.31. The highest BCUT2D eigenvalue weighted by atomic mass is 32.1. The highest BCUT2D eigenvalue weighted by molar-refractivity contribution is 7.03. The summed E-state index contributed by atoms with van der Waals surface area (Å²) in [4.78, 5) is 11.3. The molecule has 2 aromatic heterocycles. The summed E-state index contributed by atoms with van der Waals surface area (Å²) in [5.41, 5.74) is 0.701. The zero-order chi connectivity index (χ0) is 9.80. The highest BCUT2D eigenvalue weighted by Gasteiger charge is 2.10. The van der Waals surface area contributed by atoms with Crippen molar-refractivity contribution < 1.29 is 4.79 Å². The molecule has 0 radical (unpaired) electrons. The Hall–Kier alpha value is -1.90. The van der Waals surface area contributed by atoms with Crippen molar-refractivity contribution >= 4 is 17.4 Å². The molecule has 0 aromatic carbocycles. The van der Waals surface area contributed by atoms with Crippen molar-refractivity contribution in [1.29, 1.82) is 0 Å². The third kappa shape index (κ3) is 1.88. The molecule has 0 bridgehead atoms. The number of amides is 1. The maximum absolute atomic E-state index is 11.3. The van der Waals surface area contributed by atoms with E-state index in [1.165, 1.54) is 11.5 Å². The normalized spacial score (nSPS) is 10.0. The molecule has 0 fully saturated rings. The van der Waals surface area contributed by atoms with E-state index < -0.39 is 5.91 Å². The molecule has 0 unspecified atom stereocenters. The lowest BCUT2D eigenvalue weighted by Gasteiger charge is -1.96. The first-order valence-corrected chi connectivity index (χ1v) is 4.47. The van der Waals surface area contributed by atoms with Crippen molar-refractivity contribution in [1.82, 2.24) is 35.5 Å². The Labute approximate surface area is 81.9 Å². The molecule has 0 saturated heterocycles. The van der Waals surface area contributed by atoms with Crippen LogP contribution in [0.1, 0.15) is 16.3 Å². The van der Waals surface area contributed by atoms with Crippen molar-refractivity contribution in [3.8, 4) is 0 Å². The first kappa shape index (κ1) is 8.69. The first-order valence-electron chi connectivity index (χ1n) is 3.64. The molecule has 8 nitrogen and oxygen atoms in total. The van der Waals surface area contributed by atoms with Gasteiger partial charge in [0.1, 0.15) is 0 Å². The minimum atomic E-state index is -0.397. The van der Waals surface area contributed by atoms with Crippen molar-refractivity contribution in [2.45, 2.75) is 6.54 Å². The monoisotopic (exact) mass is 211 g/mol. The molecule has 1 amide bonds. The van der Waals surface area contributed by atoms with Crippen LogP contribution >= 0.6 is 11.5 Å². The quantitative estimate of drug-likeness (QED) is 0.672. The lowest BCUT2D eigenvalue weighted by Crippen LogP contribution is -2.24. The van der Waals surface area contributed by atoms with Gasteiger partial charge in [-0.25, -0.2) is 0 Å². The van der Waals surface area contributed by atoms with Crippen LogP contribution in [0.25, 0.3) is 0 Å². The summed E-state index contributed by atoms with van der Waals surface area (Å²) >= 11 is 1.23. The summed E-state index contributed by atoms with van der Waals surface area (Å²) in [5.74, 6) is -0.389. The standard InChI is InChI=1S/C5H5N7OS/c13-5(4-8-10-11-9-4)6-1-3-2-14-12-7-3/h2H,1H2,(H,6,13)(H,8,9,10,11). The Morgan fingerprint density at radius 1 is 1.57 bits per heavy atom. The maximum atomic E-state index is 11.3. The van der Waals surface area contributed by atoms with Crippen LogP contribution in [0.4, 0.5) is 0 Å². The number of tetrazole rings is 1. The third-order valence-electron chi connectivity index (χ3n) is 1.38. The summed E-state index contributed by atoms with van der Waals surface area (Å²) in [6.07, 6.45) is 0. The average molecular weight is 211 g/mol. The predicted octanol–water partition coefficient (Wildman–Crippen LogP) is -1.02. The van der Waals surface area contributed by atoms with E-state index >= 15 is 0 Å². The van der Waals surface area contributed by atoms with Gasteiger partial charge >= 0.3 is 0 Å². The molecule has 0 spiro atoms. The fourth-order valence-electron chi connectivity index (χ4n) is 0.769.